The molecule has 192 valence electrons. The maximum absolute atomic E-state index is 12.9. The molecule has 0 bridgehead atoms. The molecule has 11 heteroatoms. The number of carbonyl (C=O) groups is 1. The van der Waals surface area contributed by atoms with Crippen LogP contribution in [0, 0.1) is 11.8 Å². The van der Waals surface area contributed by atoms with Gasteiger partial charge in [0.2, 0.25) is 0 Å². The number of rotatable bonds is 6. The Morgan fingerprint density at radius 1 is 1.19 bits per heavy atom. The van der Waals surface area contributed by atoms with E-state index in [1.54, 1.807) is 11.5 Å². The number of aromatic amines is 1. The summed E-state index contributed by atoms with van der Waals surface area (Å²) < 4.78 is 46.7. The van der Waals surface area contributed by atoms with Gasteiger partial charge in [0.25, 0.3) is 5.56 Å². The zero-order valence-electron chi connectivity index (χ0n) is 19.9. The third-order valence-corrected chi connectivity index (χ3v) is 6.25. The molecular formula is C26H23F3N4O4. The van der Waals surface area contributed by atoms with Crippen LogP contribution in [0.4, 0.5) is 13.2 Å². The summed E-state index contributed by atoms with van der Waals surface area (Å²) in [4.78, 5) is 45.6. The molecule has 0 saturated heterocycles. The number of imidazole rings is 1. The van der Waals surface area contributed by atoms with Gasteiger partial charge in [-0.15, -0.1) is 0 Å². The van der Waals surface area contributed by atoms with Crippen LogP contribution in [0.5, 0.6) is 5.75 Å². The first-order chi connectivity index (χ1) is 17.7. The molecule has 1 aromatic carbocycles. The van der Waals surface area contributed by atoms with Gasteiger partial charge in [-0.05, 0) is 56.2 Å². The minimum Gasteiger partial charge on any atom is -0.423 e. The van der Waals surface area contributed by atoms with Crippen LogP contribution in [-0.2, 0) is 11.0 Å². The van der Waals surface area contributed by atoms with Gasteiger partial charge in [-0.1, -0.05) is 25.0 Å². The summed E-state index contributed by atoms with van der Waals surface area (Å²) in [6, 6.07) is 4.07. The van der Waals surface area contributed by atoms with Gasteiger partial charge in [0.05, 0.1) is 5.56 Å². The fourth-order valence-corrected chi connectivity index (χ4v) is 4.07. The van der Waals surface area contributed by atoms with E-state index in [1.807, 2.05) is 0 Å². The molecule has 2 saturated carbocycles. The van der Waals surface area contributed by atoms with E-state index in [4.69, 9.17) is 4.74 Å². The molecule has 0 spiro atoms. The Bertz CT molecular complexity index is 1590. The SMILES string of the molecule is CC/C(=C/CC#Cc1nc2c([nH]1)c(=O)n(C1CC1)c(=O)n2C1CC1)C(=O)Oc1cccc(C(F)(F)F)c1. The molecule has 2 aromatic heterocycles. The molecule has 0 amide bonds. The molecule has 8 nitrogen and oxygen atoms in total. The van der Waals surface area contributed by atoms with Crippen molar-refractivity contribution < 1.29 is 22.7 Å². The second-order valence-corrected chi connectivity index (χ2v) is 9.08. The van der Waals surface area contributed by atoms with Crippen molar-refractivity contribution in [1.82, 2.24) is 19.1 Å². The summed E-state index contributed by atoms with van der Waals surface area (Å²) in [6.45, 7) is 1.72. The first-order valence-electron chi connectivity index (χ1n) is 12.0. The van der Waals surface area contributed by atoms with Gasteiger partial charge in [-0.3, -0.25) is 13.9 Å². The Morgan fingerprint density at radius 3 is 2.54 bits per heavy atom. The van der Waals surface area contributed by atoms with Gasteiger partial charge in [0.1, 0.15) is 5.75 Å². The fourth-order valence-electron chi connectivity index (χ4n) is 4.07. The second kappa shape index (κ2) is 9.42. The highest BCUT2D eigenvalue weighted by atomic mass is 19.4. The summed E-state index contributed by atoms with van der Waals surface area (Å²) >= 11 is 0. The minimum absolute atomic E-state index is 0.0302. The molecule has 0 unspecified atom stereocenters. The summed E-state index contributed by atoms with van der Waals surface area (Å²) in [6.07, 6.45) is 0.725. The van der Waals surface area contributed by atoms with Gasteiger partial charge in [-0.25, -0.2) is 14.6 Å². The van der Waals surface area contributed by atoms with Crippen molar-refractivity contribution in [2.45, 2.75) is 63.7 Å². The maximum atomic E-state index is 12.9. The zero-order valence-corrected chi connectivity index (χ0v) is 19.9. The Morgan fingerprint density at radius 2 is 1.89 bits per heavy atom. The predicted octanol–water partition coefficient (Wildman–Crippen LogP) is 4.26. The first-order valence-corrected chi connectivity index (χ1v) is 12.0. The summed E-state index contributed by atoms with van der Waals surface area (Å²) in [5.74, 6) is 4.94. The number of alkyl halides is 3. The van der Waals surface area contributed by atoms with Crippen molar-refractivity contribution in [1.29, 1.82) is 0 Å². The Labute approximate surface area is 208 Å². The van der Waals surface area contributed by atoms with Crippen LogP contribution in [0.3, 0.4) is 0 Å². The number of hydrogen-bond acceptors (Lipinski definition) is 5. The highest BCUT2D eigenvalue weighted by Gasteiger charge is 2.34. The monoisotopic (exact) mass is 512 g/mol. The van der Waals surface area contributed by atoms with E-state index in [-0.39, 0.29) is 46.9 Å². The van der Waals surface area contributed by atoms with Crippen LogP contribution in [0.2, 0.25) is 0 Å². The molecule has 0 radical (unpaired) electrons. The van der Waals surface area contributed by atoms with Crippen molar-refractivity contribution in [2.24, 2.45) is 0 Å². The summed E-state index contributed by atoms with van der Waals surface area (Å²) in [5, 5.41) is 0. The molecule has 2 heterocycles. The van der Waals surface area contributed by atoms with Crippen molar-refractivity contribution in [3.8, 4) is 17.6 Å². The number of hydrogen-bond donors (Lipinski definition) is 1. The third-order valence-electron chi connectivity index (χ3n) is 6.25. The number of carbonyl (C=O) groups excluding carboxylic acids is 1. The van der Waals surface area contributed by atoms with E-state index in [9.17, 15) is 27.6 Å². The number of ether oxygens (including phenoxy) is 1. The number of benzene rings is 1. The lowest BCUT2D eigenvalue weighted by Crippen LogP contribution is -2.39. The summed E-state index contributed by atoms with van der Waals surface area (Å²) in [7, 11) is 0. The van der Waals surface area contributed by atoms with E-state index in [2.05, 4.69) is 21.8 Å². The molecule has 1 N–H and O–H groups in total. The normalized spacial score (nSPS) is 15.9. The van der Waals surface area contributed by atoms with E-state index in [1.165, 1.54) is 22.8 Å². The largest absolute Gasteiger partial charge is 0.423 e. The van der Waals surface area contributed by atoms with Crippen molar-refractivity contribution in [3.05, 3.63) is 68.1 Å². The zero-order chi connectivity index (χ0) is 26.3. The van der Waals surface area contributed by atoms with Crippen molar-refractivity contribution in [2.75, 3.05) is 0 Å². The molecule has 2 aliphatic rings. The van der Waals surface area contributed by atoms with Gasteiger partial charge in [0.15, 0.2) is 17.0 Å². The molecule has 3 aromatic rings. The lowest BCUT2D eigenvalue weighted by Gasteiger charge is -2.10. The molecular weight excluding hydrogens is 489 g/mol. The molecule has 2 aliphatic carbocycles. The Kier molecular flexibility index (Phi) is 6.27. The highest BCUT2D eigenvalue weighted by Crippen LogP contribution is 2.37. The Hall–Kier alpha value is -4.07. The fraction of sp³-hybridized carbons (Fsp3) is 0.385. The lowest BCUT2D eigenvalue weighted by molar-refractivity contribution is -0.138. The van der Waals surface area contributed by atoms with Crippen molar-refractivity contribution >= 4 is 17.1 Å². The summed E-state index contributed by atoms with van der Waals surface area (Å²) in [5.41, 5.74) is -0.835. The quantitative estimate of drug-likeness (QED) is 0.230. The molecule has 37 heavy (non-hydrogen) atoms. The van der Waals surface area contributed by atoms with Crippen LogP contribution in [-0.4, -0.2) is 25.1 Å². The number of esters is 1. The van der Waals surface area contributed by atoms with Gasteiger partial charge in [-0.2, -0.15) is 13.2 Å². The van der Waals surface area contributed by atoms with Gasteiger partial charge < -0.3 is 9.72 Å². The van der Waals surface area contributed by atoms with Crippen LogP contribution in [0.15, 0.2) is 45.5 Å². The van der Waals surface area contributed by atoms with E-state index >= 15 is 0 Å². The average Bonchev–Trinajstić information content (AvgIpc) is 3.78. The molecule has 0 aliphatic heterocycles. The predicted molar refractivity (Wildman–Crippen MR) is 128 cm³/mol. The number of nitrogens with zero attached hydrogens (tertiary/aromatic N) is 3. The van der Waals surface area contributed by atoms with Crippen LogP contribution in [0.25, 0.3) is 11.2 Å². The van der Waals surface area contributed by atoms with Crippen LogP contribution in [0.1, 0.15) is 68.9 Å². The lowest BCUT2D eigenvalue weighted by atomic mass is 10.1. The molecule has 2 fully saturated rings. The smallest absolute Gasteiger partial charge is 0.416 e. The minimum atomic E-state index is -4.55. The van der Waals surface area contributed by atoms with E-state index in [0.29, 0.717) is 12.1 Å². The number of aromatic nitrogens is 4. The number of nitrogens with one attached hydrogen (secondary N) is 1. The number of halogens is 3. The number of allylic oxidation sites excluding steroid dienone is 1. The molecule has 0 atom stereocenters. The number of fused-ring (bicyclic) bond motifs is 1. The standard InChI is InChI=1S/C26H23F3N4O4/c1-2-15(24(35)37-19-8-5-7-16(14-19)26(27,28)29)6-3-4-9-20-30-21-22(31-20)32(17-10-11-17)25(36)33(23(21)34)18-12-13-18/h5-8,14,17-18H,2-3,10-13H2,1H3,(H,30,31)/b15-6-. The topological polar surface area (TPSA) is 99.0 Å². The first kappa shape index (κ1) is 24.6. The van der Waals surface area contributed by atoms with E-state index in [0.717, 1.165) is 37.8 Å². The number of H-pyrrole nitrogens is 1. The highest BCUT2D eigenvalue weighted by molar-refractivity contribution is 5.90. The second-order valence-electron chi connectivity index (χ2n) is 9.08. The van der Waals surface area contributed by atoms with Gasteiger partial charge in [0, 0.05) is 24.1 Å². The van der Waals surface area contributed by atoms with Crippen LogP contribution >= 0.6 is 0 Å². The third kappa shape index (κ3) is 5.09. The molecule has 5 rings (SSSR count). The van der Waals surface area contributed by atoms with Crippen LogP contribution < -0.4 is 16.0 Å². The van der Waals surface area contributed by atoms with E-state index < -0.39 is 23.3 Å². The Balaban J connectivity index is 1.34. The maximum Gasteiger partial charge on any atom is 0.416 e. The van der Waals surface area contributed by atoms with Gasteiger partial charge >= 0.3 is 17.8 Å². The van der Waals surface area contributed by atoms with Crippen molar-refractivity contribution in [3.63, 3.8) is 0 Å². The average molecular weight is 512 g/mol.